The van der Waals surface area contributed by atoms with Gasteiger partial charge >= 0.3 is 0 Å². The smallest absolute Gasteiger partial charge is 0.267 e. The molecule has 0 saturated carbocycles. The van der Waals surface area contributed by atoms with Gasteiger partial charge in [0.1, 0.15) is 0 Å². The summed E-state index contributed by atoms with van der Waals surface area (Å²) in [7, 11) is 0. The van der Waals surface area contributed by atoms with Gasteiger partial charge in [0.25, 0.3) is 11.8 Å². The van der Waals surface area contributed by atoms with Crippen LogP contribution in [0.1, 0.15) is 54.4 Å². The lowest BCUT2D eigenvalue weighted by atomic mass is 10.1. The molecule has 32 heavy (non-hydrogen) atoms. The molecule has 2 amide bonds. The molecule has 0 aliphatic carbocycles. The molecule has 1 aromatic heterocycles. The molecule has 2 aromatic carbocycles. The van der Waals surface area contributed by atoms with Gasteiger partial charge in [0.2, 0.25) is 0 Å². The van der Waals surface area contributed by atoms with Gasteiger partial charge in [0.15, 0.2) is 0 Å². The minimum absolute atomic E-state index is 0.268. The second-order valence-corrected chi connectivity index (χ2v) is 7.47. The highest BCUT2D eigenvalue weighted by molar-refractivity contribution is 6.01. The van der Waals surface area contributed by atoms with Gasteiger partial charge in [-0.05, 0) is 44.9 Å². The van der Waals surface area contributed by atoms with E-state index in [9.17, 15) is 9.59 Å². The SMILES string of the molecule is Cc1ccc(/C=N\NC(=O)c2cc(C(=O)N/N=C\c3ccc(C)cc3)c(C)nc2C)cc1. The fourth-order valence-corrected chi connectivity index (χ4v) is 2.94. The molecule has 7 nitrogen and oxygen atoms in total. The highest BCUT2D eigenvalue weighted by atomic mass is 16.2. The summed E-state index contributed by atoms with van der Waals surface area (Å²) in [5.41, 5.74) is 10.5. The van der Waals surface area contributed by atoms with Gasteiger partial charge in [-0.15, -0.1) is 0 Å². The number of nitrogens with one attached hydrogen (secondary N) is 2. The lowest BCUT2D eigenvalue weighted by Crippen LogP contribution is -2.23. The lowest BCUT2D eigenvalue weighted by molar-refractivity contribution is 0.0954. The van der Waals surface area contributed by atoms with Crippen LogP contribution in [-0.4, -0.2) is 29.2 Å². The molecule has 162 valence electrons. The second-order valence-electron chi connectivity index (χ2n) is 7.47. The number of carbonyl (C=O) groups is 2. The van der Waals surface area contributed by atoms with E-state index in [1.165, 1.54) is 6.07 Å². The Morgan fingerprint density at radius 3 is 1.44 bits per heavy atom. The minimum atomic E-state index is -0.449. The summed E-state index contributed by atoms with van der Waals surface area (Å²) in [6.45, 7) is 7.42. The maximum atomic E-state index is 12.6. The molecular weight excluding hydrogens is 402 g/mol. The molecule has 0 radical (unpaired) electrons. The topological polar surface area (TPSA) is 95.8 Å². The number of aryl methyl sites for hydroxylation is 4. The molecule has 0 fully saturated rings. The van der Waals surface area contributed by atoms with Crippen LogP contribution < -0.4 is 10.9 Å². The number of hydrogen-bond acceptors (Lipinski definition) is 5. The summed E-state index contributed by atoms with van der Waals surface area (Å²) < 4.78 is 0. The monoisotopic (exact) mass is 427 g/mol. The molecule has 7 heteroatoms. The molecule has 3 aromatic rings. The molecule has 0 atom stereocenters. The second kappa shape index (κ2) is 10.3. The molecule has 0 saturated heterocycles. The van der Waals surface area contributed by atoms with Crippen LogP contribution >= 0.6 is 0 Å². The number of pyridine rings is 1. The minimum Gasteiger partial charge on any atom is -0.267 e. The van der Waals surface area contributed by atoms with E-state index in [0.717, 1.165) is 22.3 Å². The van der Waals surface area contributed by atoms with Crippen molar-refractivity contribution in [3.8, 4) is 0 Å². The summed E-state index contributed by atoms with van der Waals surface area (Å²) in [5, 5.41) is 8.00. The van der Waals surface area contributed by atoms with E-state index in [-0.39, 0.29) is 11.1 Å². The van der Waals surface area contributed by atoms with E-state index in [0.29, 0.717) is 11.4 Å². The van der Waals surface area contributed by atoms with Crippen molar-refractivity contribution in [1.82, 2.24) is 15.8 Å². The average molecular weight is 428 g/mol. The summed E-state index contributed by atoms with van der Waals surface area (Å²) >= 11 is 0. The molecule has 0 aliphatic rings. The van der Waals surface area contributed by atoms with Crippen molar-refractivity contribution in [2.24, 2.45) is 10.2 Å². The van der Waals surface area contributed by atoms with Crippen LogP contribution in [0.4, 0.5) is 0 Å². The Morgan fingerprint density at radius 2 is 1.06 bits per heavy atom. The predicted molar refractivity (Wildman–Crippen MR) is 126 cm³/mol. The number of rotatable bonds is 6. The van der Waals surface area contributed by atoms with E-state index in [1.54, 1.807) is 26.3 Å². The van der Waals surface area contributed by atoms with Gasteiger partial charge in [-0.25, -0.2) is 10.9 Å². The zero-order valence-corrected chi connectivity index (χ0v) is 18.5. The van der Waals surface area contributed by atoms with Gasteiger partial charge in [0, 0.05) is 0 Å². The van der Waals surface area contributed by atoms with Crippen molar-refractivity contribution in [3.63, 3.8) is 0 Å². The van der Waals surface area contributed by atoms with Crippen LogP contribution in [0.3, 0.4) is 0 Å². The first kappa shape index (κ1) is 22.6. The van der Waals surface area contributed by atoms with Crippen molar-refractivity contribution in [3.05, 3.63) is 99.4 Å². The summed E-state index contributed by atoms with van der Waals surface area (Å²) in [6, 6.07) is 17.0. The van der Waals surface area contributed by atoms with E-state index in [4.69, 9.17) is 0 Å². The third-order valence-corrected chi connectivity index (χ3v) is 4.81. The Morgan fingerprint density at radius 1 is 0.688 bits per heavy atom. The van der Waals surface area contributed by atoms with Crippen LogP contribution in [0.25, 0.3) is 0 Å². The first-order valence-corrected chi connectivity index (χ1v) is 10.1. The first-order valence-electron chi connectivity index (χ1n) is 10.1. The Labute approximate surface area is 187 Å². The van der Waals surface area contributed by atoms with Crippen LogP contribution in [0, 0.1) is 27.7 Å². The molecule has 0 bridgehead atoms. The van der Waals surface area contributed by atoms with Gasteiger partial charge in [-0.2, -0.15) is 10.2 Å². The quantitative estimate of drug-likeness (QED) is 0.462. The highest BCUT2D eigenvalue weighted by Gasteiger charge is 2.17. The van der Waals surface area contributed by atoms with Crippen LogP contribution in [0.15, 0.2) is 64.8 Å². The van der Waals surface area contributed by atoms with E-state index < -0.39 is 11.8 Å². The number of hydrazone groups is 2. The van der Waals surface area contributed by atoms with Crippen molar-refractivity contribution < 1.29 is 9.59 Å². The number of amides is 2. The lowest BCUT2D eigenvalue weighted by Gasteiger charge is -2.09. The van der Waals surface area contributed by atoms with E-state index in [2.05, 4.69) is 26.0 Å². The fourth-order valence-electron chi connectivity index (χ4n) is 2.94. The molecule has 2 N–H and O–H groups in total. The number of hydrogen-bond donors (Lipinski definition) is 2. The average Bonchev–Trinajstić information content (AvgIpc) is 2.76. The van der Waals surface area contributed by atoms with Crippen LogP contribution in [0.5, 0.6) is 0 Å². The number of carbonyl (C=O) groups excluding carboxylic acids is 2. The Hall–Kier alpha value is -4.13. The summed E-state index contributed by atoms with van der Waals surface area (Å²) in [4.78, 5) is 29.5. The first-order chi connectivity index (χ1) is 15.3. The molecule has 0 unspecified atom stereocenters. The molecule has 0 spiro atoms. The van der Waals surface area contributed by atoms with Crippen molar-refractivity contribution in [1.29, 1.82) is 0 Å². The maximum Gasteiger partial charge on any atom is 0.273 e. The normalized spacial score (nSPS) is 11.1. The molecule has 3 rings (SSSR count). The predicted octanol–water partition coefficient (Wildman–Crippen LogP) is 3.84. The van der Waals surface area contributed by atoms with Crippen molar-refractivity contribution in [2.75, 3.05) is 0 Å². The zero-order valence-electron chi connectivity index (χ0n) is 18.5. The van der Waals surface area contributed by atoms with Crippen molar-refractivity contribution in [2.45, 2.75) is 27.7 Å². The number of aromatic nitrogens is 1. The maximum absolute atomic E-state index is 12.6. The fraction of sp³-hybridized carbons (Fsp3) is 0.160. The van der Waals surface area contributed by atoms with Gasteiger partial charge in [-0.1, -0.05) is 59.7 Å². The van der Waals surface area contributed by atoms with Crippen LogP contribution in [0.2, 0.25) is 0 Å². The van der Waals surface area contributed by atoms with Gasteiger partial charge in [-0.3, -0.25) is 14.6 Å². The standard InChI is InChI=1S/C25H25N5O2/c1-16-5-9-20(10-6-16)14-26-29-24(31)22-13-23(19(4)28-18(22)3)25(32)30-27-15-21-11-7-17(2)8-12-21/h5-15H,1-4H3,(H,29,31)(H,30,32)/b26-14-,27-15-. The molecule has 0 aliphatic heterocycles. The zero-order chi connectivity index (χ0) is 23.1. The van der Waals surface area contributed by atoms with Crippen LogP contribution in [-0.2, 0) is 0 Å². The summed E-state index contributed by atoms with van der Waals surface area (Å²) in [5.74, 6) is -0.897. The summed E-state index contributed by atoms with van der Waals surface area (Å²) in [6.07, 6.45) is 3.11. The number of benzene rings is 2. The third-order valence-electron chi connectivity index (χ3n) is 4.81. The van der Waals surface area contributed by atoms with Crippen molar-refractivity contribution >= 4 is 24.2 Å². The van der Waals surface area contributed by atoms with E-state index >= 15 is 0 Å². The Kier molecular flexibility index (Phi) is 7.23. The Balaban J connectivity index is 1.69. The van der Waals surface area contributed by atoms with E-state index in [1.807, 2.05) is 62.4 Å². The molecular formula is C25H25N5O2. The highest BCUT2D eigenvalue weighted by Crippen LogP contribution is 2.13. The molecule has 1 heterocycles. The van der Waals surface area contributed by atoms with Gasteiger partial charge < -0.3 is 0 Å². The number of nitrogens with zero attached hydrogens (tertiary/aromatic N) is 3. The Bertz CT molecular complexity index is 1090. The van der Waals surface area contributed by atoms with Gasteiger partial charge in [0.05, 0.1) is 34.9 Å². The third kappa shape index (κ3) is 5.95. The largest absolute Gasteiger partial charge is 0.273 e.